The van der Waals surface area contributed by atoms with Gasteiger partial charge in [-0.15, -0.1) is 10.2 Å². The van der Waals surface area contributed by atoms with Crippen molar-refractivity contribution in [2.24, 2.45) is 0 Å². The number of nitrogens with zero attached hydrogens (tertiary/aromatic N) is 2. The molecule has 0 saturated carbocycles. The highest BCUT2D eigenvalue weighted by atomic mass is 16.5. The lowest BCUT2D eigenvalue weighted by molar-refractivity contribution is 0.246. The van der Waals surface area contributed by atoms with Crippen LogP contribution < -0.4 is 24.8 Å². The molecule has 0 radical (unpaired) electrons. The Balaban J connectivity index is 1.44. The Morgan fingerprint density at radius 2 is 1.66 bits per heavy atom. The first-order chi connectivity index (χ1) is 14.2. The number of hydrogen-bond acceptors (Lipinski definition) is 6. The number of urea groups is 1. The Morgan fingerprint density at radius 1 is 0.931 bits per heavy atom. The van der Waals surface area contributed by atoms with Crippen molar-refractivity contribution in [3.8, 4) is 28.6 Å². The first kappa shape index (κ1) is 19.9. The van der Waals surface area contributed by atoms with Gasteiger partial charge in [0, 0.05) is 35.5 Å². The van der Waals surface area contributed by atoms with Crippen molar-refractivity contribution >= 4 is 11.7 Å². The van der Waals surface area contributed by atoms with Gasteiger partial charge in [0.05, 0.1) is 26.5 Å². The van der Waals surface area contributed by atoms with Crippen LogP contribution in [0.4, 0.5) is 10.5 Å². The number of hydrogen-bond donors (Lipinski definition) is 2. The van der Waals surface area contributed by atoms with E-state index in [0.717, 1.165) is 11.3 Å². The van der Waals surface area contributed by atoms with Gasteiger partial charge < -0.3 is 24.8 Å². The highest BCUT2D eigenvalue weighted by Gasteiger charge is 2.06. The van der Waals surface area contributed by atoms with Gasteiger partial charge in [0.15, 0.2) is 0 Å². The van der Waals surface area contributed by atoms with Crippen molar-refractivity contribution < 1.29 is 19.0 Å². The van der Waals surface area contributed by atoms with Crippen LogP contribution in [0.5, 0.6) is 17.4 Å². The Labute approximate surface area is 168 Å². The maximum atomic E-state index is 12.0. The van der Waals surface area contributed by atoms with Crippen LogP contribution >= 0.6 is 0 Å². The molecule has 3 aromatic rings. The van der Waals surface area contributed by atoms with E-state index in [1.165, 1.54) is 0 Å². The summed E-state index contributed by atoms with van der Waals surface area (Å²) >= 11 is 0. The van der Waals surface area contributed by atoms with Crippen LogP contribution in [0.2, 0.25) is 0 Å². The number of aromatic nitrogens is 2. The molecule has 1 aromatic heterocycles. The fourth-order valence-electron chi connectivity index (χ4n) is 2.53. The van der Waals surface area contributed by atoms with E-state index in [2.05, 4.69) is 20.8 Å². The summed E-state index contributed by atoms with van der Waals surface area (Å²) in [6.45, 7) is 0.559. The van der Waals surface area contributed by atoms with Crippen molar-refractivity contribution in [3.63, 3.8) is 0 Å². The summed E-state index contributed by atoms with van der Waals surface area (Å²) in [4.78, 5) is 12.0. The van der Waals surface area contributed by atoms with Crippen molar-refractivity contribution in [3.05, 3.63) is 60.7 Å². The van der Waals surface area contributed by atoms with Gasteiger partial charge >= 0.3 is 6.03 Å². The predicted octanol–water partition coefficient (Wildman–Crippen LogP) is 3.36. The molecule has 0 aliphatic heterocycles. The van der Waals surface area contributed by atoms with Gasteiger partial charge in [-0.1, -0.05) is 30.3 Å². The molecule has 2 amide bonds. The number of carbonyl (C=O) groups excluding carboxylic acids is 1. The SMILES string of the molecule is COc1cc(NC(=O)NCCOc2ccc(-c3ccccc3)nn2)cc(OC)c1. The third kappa shape index (κ3) is 5.83. The number of anilines is 1. The quantitative estimate of drug-likeness (QED) is 0.569. The molecular formula is C21H22N4O4. The predicted molar refractivity (Wildman–Crippen MR) is 110 cm³/mol. The minimum absolute atomic E-state index is 0.258. The van der Waals surface area contributed by atoms with Crippen molar-refractivity contribution in [2.45, 2.75) is 0 Å². The zero-order valence-electron chi connectivity index (χ0n) is 16.2. The largest absolute Gasteiger partial charge is 0.497 e. The van der Waals surface area contributed by atoms with Gasteiger partial charge in [-0.05, 0) is 6.07 Å². The lowest BCUT2D eigenvalue weighted by Crippen LogP contribution is -2.32. The average Bonchev–Trinajstić information content (AvgIpc) is 2.77. The molecule has 1 heterocycles. The van der Waals surface area contributed by atoms with Crippen LogP contribution in [0.15, 0.2) is 60.7 Å². The normalized spacial score (nSPS) is 10.1. The van der Waals surface area contributed by atoms with Crippen LogP contribution in [0.25, 0.3) is 11.3 Å². The summed E-state index contributed by atoms with van der Waals surface area (Å²) in [5.74, 6) is 1.56. The molecule has 0 fully saturated rings. The Bertz CT molecular complexity index is 911. The average molecular weight is 394 g/mol. The van der Waals surface area contributed by atoms with E-state index < -0.39 is 0 Å². The van der Waals surface area contributed by atoms with Gasteiger partial charge in [-0.25, -0.2) is 4.79 Å². The van der Waals surface area contributed by atoms with Crippen LogP contribution in [0.3, 0.4) is 0 Å². The zero-order valence-corrected chi connectivity index (χ0v) is 16.2. The molecular weight excluding hydrogens is 372 g/mol. The molecule has 0 spiro atoms. The highest BCUT2D eigenvalue weighted by molar-refractivity contribution is 5.89. The highest BCUT2D eigenvalue weighted by Crippen LogP contribution is 2.25. The number of benzene rings is 2. The van der Waals surface area contributed by atoms with Crippen molar-refractivity contribution in [2.75, 3.05) is 32.7 Å². The summed E-state index contributed by atoms with van der Waals surface area (Å²) < 4.78 is 15.9. The van der Waals surface area contributed by atoms with Crippen LogP contribution in [-0.2, 0) is 0 Å². The fourth-order valence-corrected chi connectivity index (χ4v) is 2.53. The first-order valence-electron chi connectivity index (χ1n) is 8.98. The van der Waals surface area contributed by atoms with Crippen molar-refractivity contribution in [1.29, 1.82) is 0 Å². The zero-order chi connectivity index (χ0) is 20.5. The van der Waals surface area contributed by atoms with Gasteiger partial charge in [-0.3, -0.25) is 0 Å². The maximum Gasteiger partial charge on any atom is 0.319 e. The first-order valence-corrected chi connectivity index (χ1v) is 8.98. The molecule has 0 bridgehead atoms. The third-order valence-corrected chi connectivity index (χ3v) is 3.96. The molecule has 0 aliphatic rings. The van der Waals surface area contributed by atoms with Crippen LogP contribution in [0, 0.1) is 0 Å². The van der Waals surface area contributed by atoms with E-state index in [4.69, 9.17) is 14.2 Å². The van der Waals surface area contributed by atoms with E-state index in [1.54, 1.807) is 38.5 Å². The number of nitrogens with one attached hydrogen (secondary N) is 2. The summed E-state index contributed by atoms with van der Waals surface area (Å²) in [5.41, 5.74) is 2.31. The second-order valence-electron chi connectivity index (χ2n) is 5.95. The van der Waals surface area contributed by atoms with Gasteiger partial charge in [0.1, 0.15) is 18.1 Å². The molecule has 8 heteroatoms. The second-order valence-corrected chi connectivity index (χ2v) is 5.95. The fraction of sp³-hybridized carbons (Fsp3) is 0.190. The molecule has 3 rings (SSSR count). The van der Waals surface area contributed by atoms with E-state index >= 15 is 0 Å². The number of methoxy groups -OCH3 is 2. The van der Waals surface area contributed by atoms with Crippen molar-refractivity contribution in [1.82, 2.24) is 15.5 Å². The summed E-state index contributed by atoms with van der Waals surface area (Å²) in [6.07, 6.45) is 0. The summed E-state index contributed by atoms with van der Waals surface area (Å²) in [6, 6.07) is 18.1. The van der Waals surface area contributed by atoms with E-state index in [1.807, 2.05) is 36.4 Å². The molecule has 2 aromatic carbocycles. The van der Waals surface area contributed by atoms with E-state index in [9.17, 15) is 4.79 Å². The monoisotopic (exact) mass is 394 g/mol. The number of rotatable bonds is 8. The maximum absolute atomic E-state index is 12.0. The molecule has 0 saturated heterocycles. The third-order valence-electron chi connectivity index (χ3n) is 3.96. The molecule has 0 atom stereocenters. The van der Waals surface area contributed by atoms with Gasteiger partial charge in [0.25, 0.3) is 0 Å². The van der Waals surface area contributed by atoms with Gasteiger partial charge in [-0.2, -0.15) is 0 Å². The summed E-state index contributed by atoms with van der Waals surface area (Å²) in [7, 11) is 3.09. The Morgan fingerprint density at radius 3 is 2.28 bits per heavy atom. The second kappa shape index (κ2) is 9.93. The molecule has 0 unspecified atom stereocenters. The molecule has 0 aliphatic carbocycles. The lowest BCUT2D eigenvalue weighted by Gasteiger charge is -2.11. The minimum Gasteiger partial charge on any atom is -0.497 e. The topological polar surface area (TPSA) is 94.6 Å². The number of carbonyl (C=O) groups is 1. The standard InChI is InChI=1S/C21H22N4O4/c1-27-17-12-16(13-18(14-17)28-2)23-21(26)22-10-11-29-20-9-8-19(24-25-20)15-6-4-3-5-7-15/h3-9,12-14H,10-11H2,1-2H3,(H2,22,23,26). The minimum atomic E-state index is -0.366. The smallest absolute Gasteiger partial charge is 0.319 e. The lowest BCUT2D eigenvalue weighted by atomic mass is 10.1. The van der Waals surface area contributed by atoms with Crippen LogP contribution in [0.1, 0.15) is 0 Å². The van der Waals surface area contributed by atoms with E-state index in [-0.39, 0.29) is 12.6 Å². The van der Waals surface area contributed by atoms with Crippen LogP contribution in [-0.4, -0.2) is 43.6 Å². The Kier molecular flexibility index (Phi) is 6.83. The van der Waals surface area contributed by atoms with E-state index in [0.29, 0.717) is 29.6 Å². The molecule has 29 heavy (non-hydrogen) atoms. The number of amides is 2. The molecule has 8 nitrogen and oxygen atoms in total. The van der Waals surface area contributed by atoms with Gasteiger partial charge in [0.2, 0.25) is 5.88 Å². The molecule has 2 N–H and O–H groups in total. The summed E-state index contributed by atoms with van der Waals surface area (Å²) in [5, 5.41) is 13.6. The Hall–Kier alpha value is -3.81. The number of ether oxygens (including phenoxy) is 3. The molecule has 150 valence electrons.